The van der Waals surface area contributed by atoms with Crippen molar-refractivity contribution in [3.8, 4) is 0 Å². The largest absolute Gasteiger partial charge is 0.366 e. The number of carbonyl (C=O) groups is 1. The van der Waals surface area contributed by atoms with Crippen molar-refractivity contribution in [3.05, 3.63) is 29.4 Å². The van der Waals surface area contributed by atoms with Gasteiger partial charge in [-0.2, -0.15) is 5.10 Å². The van der Waals surface area contributed by atoms with Crippen LogP contribution < -0.4 is 0 Å². The molecule has 1 atom stereocenters. The Morgan fingerprint density at radius 2 is 2.32 bits per heavy atom. The highest BCUT2D eigenvalue weighted by molar-refractivity contribution is 5.92. The predicted octanol–water partition coefficient (Wildman–Crippen LogP) is 1.17. The zero-order chi connectivity index (χ0) is 15.7. The summed E-state index contributed by atoms with van der Waals surface area (Å²) < 4.78 is 5.67. The third kappa shape index (κ3) is 2.87. The van der Waals surface area contributed by atoms with Crippen LogP contribution in [0.4, 0.5) is 0 Å². The van der Waals surface area contributed by atoms with Gasteiger partial charge in [-0.15, -0.1) is 0 Å². The van der Waals surface area contributed by atoms with E-state index >= 15 is 0 Å². The molecule has 1 amide bonds. The van der Waals surface area contributed by atoms with Crippen LogP contribution in [-0.2, 0) is 4.74 Å². The summed E-state index contributed by atoms with van der Waals surface area (Å²) in [5.41, 5.74) is 0.510. The van der Waals surface area contributed by atoms with Gasteiger partial charge in [0.2, 0.25) is 0 Å². The minimum atomic E-state index is -0.296. The summed E-state index contributed by atoms with van der Waals surface area (Å²) in [4.78, 5) is 25.9. The zero-order valence-electron chi connectivity index (χ0n) is 13.0. The van der Waals surface area contributed by atoms with Gasteiger partial charge >= 0.3 is 0 Å². The fourth-order valence-electron chi connectivity index (χ4n) is 2.40. The SMILES string of the molecule is Cc1nc([C@@H]2CN(C(=O)c3cnc(C(C)C)[nH]3)CCO2)n[nH]1. The highest BCUT2D eigenvalue weighted by atomic mass is 16.5. The number of aromatic amines is 2. The van der Waals surface area contributed by atoms with Crippen LogP contribution in [0.25, 0.3) is 0 Å². The number of imidazole rings is 1. The van der Waals surface area contributed by atoms with Gasteiger partial charge in [-0.3, -0.25) is 9.89 Å². The summed E-state index contributed by atoms with van der Waals surface area (Å²) in [6, 6.07) is 0. The van der Waals surface area contributed by atoms with Crippen molar-refractivity contribution in [1.29, 1.82) is 0 Å². The van der Waals surface area contributed by atoms with E-state index in [4.69, 9.17) is 4.74 Å². The third-order valence-electron chi connectivity index (χ3n) is 3.63. The average Bonchev–Trinajstić information content (AvgIpc) is 3.15. The molecule has 1 saturated heterocycles. The molecule has 0 bridgehead atoms. The Bertz CT molecular complexity index is 662. The Morgan fingerprint density at radius 1 is 1.50 bits per heavy atom. The molecule has 0 aliphatic carbocycles. The molecule has 3 heterocycles. The maximum absolute atomic E-state index is 12.6. The molecule has 2 N–H and O–H groups in total. The van der Waals surface area contributed by atoms with Gasteiger partial charge in [0, 0.05) is 12.5 Å². The molecule has 1 aliphatic rings. The van der Waals surface area contributed by atoms with Crippen LogP contribution in [0.3, 0.4) is 0 Å². The second kappa shape index (κ2) is 5.88. The maximum atomic E-state index is 12.6. The van der Waals surface area contributed by atoms with Crippen molar-refractivity contribution in [2.45, 2.75) is 32.8 Å². The number of aryl methyl sites for hydroxylation is 1. The van der Waals surface area contributed by atoms with Crippen molar-refractivity contribution in [1.82, 2.24) is 30.0 Å². The number of carbonyl (C=O) groups excluding carboxylic acids is 1. The fraction of sp³-hybridized carbons (Fsp3) is 0.571. The van der Waals surface area contributed by atoms with Crippen LogP contribution in [0, 0.1) is 6.92 Å². The first kappa shape index (κ1) is 14.7. The van der Waals surface area contributed by atoms with Crippen LogP contribution in [0.5, 0.6) is 0 Å². The summed E-state index contributed by atoms with van der Waals surface area (Å²) in [7, 11) is 0. The van der Waals surface area contributed by atoms with E-state index in [0.717, 1.165) is 11.6 Å². The lowest BCUT2D eigenvalue weighted by atomic mass is 10.2. The van der Waals surface area contributed by atoms with Gasteiger partial charge in [0.25, 0.3) is 5.91 Å². The summed E-state index contributed by atoms with van der Waals surface area (Å²) in [6.45, 7) is 7.35. The Hall–Kier alpha value is -2.22. The smallest absolute Gasteiger partial charge is 0.272 e. The fourth-order valence-corrected chi connectivity index (χ4v) is 2.40. The number of ether oxygens (including phenoxy) is 1. The van der Waals surface area contributed by atoms with Gasteiger partial charge in [0.15, 0.2) is 5.82 Å². The van der Waals surface area contributed by atoms with E-state index in [1.54, 1.807) is 11.1 Å². The number of hydrogen-bond acceptors (Lipinski definition) is 5. The molecule has 0 aromatic carbocycles. The van der Waals surface area contributed by atoms with Gasteiger partial charge in [-0.25, -0.2) is 9.97 Å². The topological polar surface area (TPSA) is 99.8 Å². The Kier molecular flexibility index (Phi) is 3.93. The standard InChI is InChI=1S/C14H20N6O2/c1-8(2)12-15-6-10(17-12)14(21)20-4-5-22-11(7-20)13-16-9(3)18-19-13/h6,8,11H,4-5,7H2,1-3H3,(H,15,17)(H,16,18,19)/t11-/m0/s1. The minimum Gasteiger partial charge on any atom is -0.366 e. The molecule has 1 fully saturated rings. The van der Waals surface area contributed by atoms with Crippen molar-refractivity contribution in [2.24, 2.45) is 0 Å². The molecule has 3 rings (SSSR count). The van der Waals surface area contributed by atoms with Crippen LogP contribution in [-0.4, -0.2) is 55.7 Å². The van der Waals surface area contributed by atoms with Gasteiger partial charge in [-0.1, -0.05) is 13.8 Å². The lowest BCUT2D eigenvalue weighted by Crippen LogP contribution is -2.42. The van der Waals surface area contributed by atoms with Crippen molar-refractivity contribution in [3.63, 3.8) is 0 Å². The van der Waals surface area contributed by atoms with E-state index in [1.165, 1.54) is 0 Å². The third-order valence-corrected chi connectivity index (χ3v) is 3.63. The number of H-pyrrole nitrogens is 2. The number of morpholine rings is 1. The van der Waals surface area contributed by atoms with Crippen molar-refractivity contribution >= 4 is 5.91 Å². The van der Waals surface area contributed by atoms with Crippen molar-refractivity contribution < 1.29 is 9.53 Å². The normalized spacial score (nSPS) is 18.9. The quantitative estimate of drug-likeness (QED) is 0.886. The maximum Gasteiger partial charge on any atom is 0.272 e. The Labute approximate surface area is 128 Å². The second-order valence-corrected chi connectivity index (χ2v) is 5.73. The molecule has 2 aromatic rings. The van der Waals surface area contributed by atoms with Gasteiger partial charge in [-0.05, 0) is 6.92 Å². The van der Waals surface area contributed by atoms with E-state index in [0.29, 0.717) is 31.2 Å². The first-order valence-corrected chi connectivity index (χ1v) is 7.39. The average molecular weight is 304 g/mol. The Morgan fingerprint density at radius 3 is 2.95 bits per heavy atom. The molecule has 8 heteroatoms. The monoisotopic (exact) mass is 304 g/mol. The Balaban J connectivity index is 1.72. The number of rotatable bonds is 3. The van der Waals surface area contributed by atoms with Gasteiger partial charge < -0.3 is 14.6 Å². The zero-order valence-corrected chi connectivity index (χ0v) is 13.0. The highest BCUT2D eigenvalue weighted by Gasteiger charge is 2.29. The van der Waals surface area contributed by atoms with Gasteiger partial charge in [0.05, 0.1) is 19.3 Å². The van der Waals surface area contributed by atoms with Crippen LogP contribution in [0.1, 0.15) is 53.8 Å². The summed E-state index contributed by atoms with van der Waals surface area (Å²) >= 11 is 0. The molecule has 0 spiro atoms. The summed E-state index contributed by atoms with van der Waals surface area (Å²) in [6.07, 6.45) is 1.30. The van der Waals surface area contributed by atoms with Crippen LogP contribution in [0.15, 0.2) is 6.20 Å². The van der Waals surface area contributed by atoms with E-state index < -0.39 is 0 Å². The number of amides is 1. The summed E-state index contributed by atoms with van der Waals surface area (Å²) in [5.74, 6) is 2.33. The predicted molar refractivity (Wildman–Crippen MR) is 78.4 cm³/mol. The molecule has 2 aromatic heterocycles. The number of nitrogens with zero attached hydrogens (tertiary/aromatic N) is 4. The molecule has 1 aliphatic heterocycles. The number of aromatic nitrogens is 5. The van der Waals surface area contributed by atoms with E-state index in [-0.39, 0.29) is 17.9 Å². The molecule has 8 nitrogen and oxygen atoms in total. The second-order valence-electron chi connectivity index (χ2n) is 5.73. The molecule has 22 heavy (non-hydrogen) atoms. The van der Waals surface area contributed by atoms with E-state index in [9.17, 15) is 4.79 Å². The first-order valence-electron chi connectivity index (χ1n) is 7.39. The minimum absolute atomic E-state index is 0.0695. The van der Waals surface area contributed by atoms with Gasteiger partial charge in [0.1, 0.15) is 23.4 Å². The number of hydrogen-bond donors (Lipinski definition) is 2. The summed E-state index contributed by atoms with van der Waals surface area (Å²) in [5, 5.41) is 6.91. The molecular weight excluding hydrogens is 284 g/mol. The number of nitrogens with one attached hydrogen (secondary N) is 2. The highest BCUT2D eigenvalue weighted by Crippen LogP contribution is 2.20. The van der Waals surface area contributed by atoms with E-state index in [2.05, 4.69) is 25.1 Å². The molecule has 0 unspecified atom stereocenters. The molecular formula is C14H20N6O2. The van der Waals surface area contributed by atoms with Crippen LogP contribution >= 0.6 is 0 Å². The molecule has 118 valence electrons. The molecule has 0 saturated carbocycles. The van der Waals surface area contributed by atoms with Crippen molar-refractivity contribution in [2.75, 3.05) is 19.7 Å². The first-order chi connectivity index (χ1) is 10.5. The lowest BCUT2D eigenvalue weighted by Gasteiger charge is -2.31. The van der Waals surface area contributed by atoms with E-state index in [1.807, 2.05) is 20.8 Å². The lowest BCUT2D eigenvalue weighted by molar-refractivity contribution is -0.0268. The van der Waals surface area contributed by atoms with Crippen LogP contribution in [0.2, 0.25) is 0 Å². The molecule has 0 radical (unpaired) electrons.